The van der Waals surface area contributed by atoms with Gasteiger partial charge in [-0.3, -0.25) is 0 Å². The Morgan fingerprint density at radius 2 is 0.889 bits per heavy atom. The predicted octanol–water partition coefficient (Wildman–Crippen LogP) is 6.23. The zero-order valence-electron chi connectivity index (χ0n) is 20.5. The predicted molar refractivity (Wildman–Crippen MR) is 147 cm³/mol. The maximum atomic E-state index is 3.35. The first-order valence-electron chi connectivity index (χ1n) is 12.7. The van der Waals surface area contributed by atoms with Crippen LogP contribution < -0.4 is 9.13 Å². The van der Waals surface area contributed by atoms with E-state index in [1.165, 1.54) is 21.5 Å². The third-order valence-electron chi connectivity index (χ3n) is 6.30. The number of pyridine rings is 2. The normalized spacial score (nSPS) is 10.4. The molecule has 0 saturated heterocycles. The molecule has 2 nitrogen and oxygen atoms in total. The van der Waals surface area contributed by atoms with Crippen molar-refractivity contribution in [2.45, 2.75) is 38.8 Å². The molecule has 0 aliphatic heterocycles. The minimum Gasteiger partial charge on any atom is -0.204 e. The zero-order valence-corrected chi connectivity index (χ0v) is 20.5. The van der Waals surface area contributed by atoms with Crippen molar-refractivity contribution in [3.05, 3.63) is 121 Å². The highest BCUT2D eigenvalue weighted by molar-refractivity contribution is 5.81. The number of benzene rings is 3. The maximum absolute atomic E-state index is 3.35. The van der Waals surface area contributed by atoms with Crippen LogP contribution in [0.2, 0.25) is 0 Å². The third kappa shape index (κ3) is 6.18. The van der Waals surface area contributed by atoms with Crippen LogP contribution >= 0.6 is 0 Å². The first-order chi connectivity index (χ1) is 17.8. The Bertz CT molecular complexity index is 1490. The summed E-state index contributed by atoms with van der Waals surface area (Å²) in [6.07, 6.45) is 12.5. The molecule has 0 radical (unpaired) electrons. The minimum atomic E-state index is 0.866. The second-order valence-corrected chi connectivity index (χ2v) is 8.98. The summed E-state index contributed by atoms with van der Waals surface area (Å²) in [7, 11) is 0. The molecule has 0 bridgehead atoms. The van der Waals surface area contributed by atoms with Crippen LogP contribution in [-0.2, 0) is 13.1 Å². The molecule has 5 rings (SSSR count). The summed E-state index contributed by atoms with van der Waals surface area (Å²) < 4.78 is 4.50. The van der Waals surface area contributed by atoms with Crippen LogP contribution in [0, 0.1) is 23.7 Å². The summed E-state index contributed by atoms with van der Waals surface area (Å²) in [6.45, 7) is 1.94. The van der Waals surface area contributed by atoms with E-state index in [0.717, 1.165) is 49.9 Å². The molecule has 36 heavy (non-hydrogen) atoms. The molecule has 0 unspecified atom stereocenters. The summed E-state index contributed by atoms with van der Waals surface area (Å²) in [4.78, 5) is 0. The first kappa shape index (κ1) is 23.3. The monoisotopic (exact) mass is 466 g/mol. The molecule has 2 heteroatoms. The molecule has 0 spiro atoms. The highest BCUT2D eigenvalue weighted by atomic mass is 14.9. The highest BCUT2D eigenvalue weighted by Gasteiger charge is 2.03. The van der Waals surface area contributed by atoms with Crippen molar-refractivity contribution in [1.82, 2.24) is 0 Å². The second-order valence-electron chi connectivity index (χ2n) is 8.98. The van der Waals surface area contributed by atoms with Crippen molar-refractivity contribution in [1.29, 1.82) is 0 Å². The van der Waals surface area contributed by atoms with Crippen molar-refractivity contribution < 1.29 is 9.13 Å². The number of aromatic nitrogens is 2. The lowest BCUT2D eigenvalue weighted by atomic mass is 10.1. The van der Waals surface area contributed by atoms with Crippen LogP contribution in [0.15, 0.2) is 110 Å². The number of fused-ring (bicyclic) bond motifs is 2. The number of rotatable bonds is 6. The van der Waals surface area contributed by atoms with Gasteiger partial charge in [-0.25, -0.2) is 9.13 Å². The van der Waals surface area contributed by atoms with E-state index in [1.807, 2.05) is 12.1 Å². The third-order valence-corrected chi connectivity index (χ3v) is 6.30. The van der Waals surface area contributed by atoms with Gasteiger partial charge in [0, 0.05) is 59.7 Å². The van der Waals surface area contributed by atoms with Crippen molar-refractivity contribution in [3.63, 3.8) is 0 Å². The van der Waals surface area contributed by atoms with E-state index in [1.54, 1.807) is 0 Å². The second kappa shape index (κ2) is 11.8. The van der Waals surface area contributed by atoms with Gasteiger partial charge in [-0.15, -0.1) is 0 Å². The molecule has 0 fully saturated rings. The van der Waals surface area contributed by atoms with E-state index in [2.05, 4.69) is 130 Å². The maximum Gasteiger partial charge on any atom is 0.176 e. The molecule has 0 amide bonds. The average Bonchev–Trinajstić information content (AvgIpc) is 2.93. The van der Waals surface area contributed by atoms with E-state index in [9.17, 15) is 0 Å². The van der Waals surface area contributed by atoms with Crippen molar-refractivity contribution in [2.75, 3.05) is 0 Å². The van der Waals surface area contributed by atoms with Crippen molar-refractivity contribution in [2.24, 2.45) is 0 Å². The molecule has 174 valence electrons. The molecular weight excluding hydrogens is 436 g/mol. The fourth-order valence-corrected chi connectivity index (χ4v) is 4.35. The van der Waals surface area contributed by atoms with Crippen molar-refractivity contribution >= 4 is 21.5 Å². The van der Waals surface area contributed by atoms with Gasteiger partial charge in [0.1, 0.15) is 13.1 Å². The Morgan fingerprint density at radius 3 is 1.36 bits per heavy atom. The SMILES string of the molecule is C(#Cc1ccccc1C#CCCC[n+]1ccc2ccccc2c1)CCC[n+]1ccc2ccccc2c1. The van der Waals surface area contributed by atoms with Gasteiger partial charge in [0.15, 0.2) is 24.8 Å². The summed E-state index contributed by atoms with van der Waals surface area (Å²) in [5.41, 5.74) is 2.04. The fourth-order valence-electron chi connectivity index (χ4n) is 4.35. The molecule has 5 aromatic rings. The molecule has 2 aromatic heterocycles. The Kier molecular flexibility index (Phi) is 7.67. The van der Waals surface area contributed by atoms with E-state index in [0.29, 0.717) is 0 Å². The number of unbranched alkanes of at least 4 members (excludes halogenated alkanes) is 2. The van der Waals surface area contributed by atoms with E-state index in [4.69, 9.17) is 0 Å². The number of nitrogens with zero attached hydrogens (tertiary/aromatic N) is 2. The lowest BCUT2D eigenvalue weighted by Gasteiger charge is -1.98. The lowest BCUT2D eigenvalue weighted by molar-refractivity contribution is -0.696. The molecule has 0 N–H and O–H groups in total. The van der Waals surface area contributed by atoms with Crippen LogP contribution in [0.4, 0.5) is 0 Å². The van der Waals surface area contributed by atoms with Gasteiger partial charge >= 0.3 is 0 Å². The first-order valence-corrected chi connectivity index (χ1v) is 12.7. The molecular formula is C34H30N2+2. The van der Waals surface area contributed by atoms with Gasteiger partial charge in [0.05, 0.1) is 0 Å². The summed E-state index contributed by atoms with van der Waals surface area (Å²) in [5.74, 6) is 13.4. The van der Waals surface area contributed by atoms with Gasteiger partial charge < -0.3 is 0 Å². The number of aryl methyl sites for hydroxylation is 2. The van der Waals surface area contributed by atoms with Gasteiger partial charge in [-0.1, -0.05) is 72.2 Å². The van der Waals surface area contributed by atoms with Crippen LogP contribution in [0.3, 0.4) is 0 Å². The van der Waals surface area contributed by atoms with Crippen LogP contribution in [-0.4, -0.2) is 0 Å². The minimum absolute atomic E-state index is 0.866. The lowest BCUT2D eigenvalue weighted by Crippen LogP contribution is -2.32. The van der Waals surface area contributed by atoms with E-state index in [-0.39, 0.29) is 0 Å². The van der Waals surface area contributed by atoms with Gasteiger partial charge in [0.25, 0.3) is 0 Å². The van der Waals surface area contributed by atoms with Crippen LogP contribution in [0.1, 0.15) is 36.8 Å². The highest BCUT2D eigenvalue weighted by Crippen LogP contribution is 2.11. The summed E-state index contributed by atoms with van der Waals surface area (Å²) in [6, 6.07) is 29.5. The Labute approximate surface area is 213 Å². The van der Waals surface area contributed by atoms with E-state index >= 15 is 0 Å². The molecule has 3 aromatic carbocycles. The average molecular weight is 467 g/mol. The van der Waals surface area contributed by atoms with Gasteiger partial charge in [-0.2, -0.15) is 0 Å². The molecule has 0 aliphatic rings. The topological polar surface area (TPSA) is 7.76 Å². The van der Waals surface area contributed by atoms with Gasteiger partial charge in [0.2, 0.25) is 0 Å². The standard InChI is InChI=1S/C34H30N2/c1(11-23-35-25-21-31-17-7-9-19-33(31)27-35)3-13-29-15-5-6-16-30(29)14-4-2-12-24-36-26-22-32-18-8-10-20-34(32)28-36/h5-10,15-22,25-28H,1-2,11-12,23-24H2/q+2. The van der Waals surface area contributed by atoms with Crippen LogP contribution in [0.25, 0.3) is 21.5 Å². The largest absolute Gasteiger partial charge is 0.204 e. The van der Waals surface area contributed by atoms with Crippen molar-refractivity contribution in [3.8, 4) is 23.7 Å². The number of hydrogen-bond donors (Lipinski definition) is 0. The van der Waals surface area contributed by atoms with E-state index < -0.39 is 0 Å². The quantitative estimate of drug-likeness (QED) is 0.159. The zero-order chi connectivity index (χ0) is 24.4. The molecule has 0 saturated carbocycles. The smallest absolute Gasteiger partial charge is 0.176 e. The summed E-state index contributed by atoms with van der Waals surface area (Å²) in [5, 5.41) is 5.10. The number of hydrogen-bond acceptors (Lipinski definition) is 0. The Hall–Kier alpha value is -4.40. The van der Waals surface area contributed by atoms with Gasteiger partial charge in [-0.05, 0) is 35.0 Å². The van der Waals surface area contributed by atoms with Crippen LogP contribution in [0.5, 0.6) is 0 Å². The summed E-state index contributed by atoms with van der Waals surface area (Å²) >= 11 is 0. The molecule has 2 heterocycles. The Morgan fingerprint density at radius 1 is 0.472 bits per heavy atom. The molecule has 0 aliphatic carbocycles. The Balaban J connectivity index is 1.12. The fraction of sp³-hybridized carbons (Fsp3) is 0.176. The molecule has 0 atom stereocenters.